The Labute approximate surface area is 115 Å². The first-order valence-corrected chi connectivity index (χ1v) is 7.50. The van der Waals surface area contributed by atoms with E-state index in [0.29, 0.717) is 12.0 Å². The number of nitrogens with zero attached hydrogens (tertiary/aromatic N) is 3. The minimum absolute atomic E-state index is 0.161. The molecule has 1 N–H and O–H groups in total. The van der Waals surface area contributed by atoms with Crippen molar-refractivity contribution < 1.29 is 5.11 Å². The Kier molecular flexibility index (Phi) is 3.39. The Balaban J connectivity index is 1.70. The molecule has 1 spiro atoms. The molecule has 1 aliphatic heterocycles. The number of hydrogen-bond acceptors (Lipinski definition) is 3. The second-order valence-electron chi connectivity index (χ2n) is 6.41. The Morgan fingerprint density at radius 3 is 2.63 bits per heavy atom. The van der Waals surface area contributed by atoms with Crippen molar-refractivity contribution in [3.05, 3.63) is 17.0 Å². The number of aromatic nitrogens is 2. The van der Waals surface area contributed by atoms with Crippen LogP contribution in [0, 0.1) is 19.3 Å². The molecule has 3 rings (SSSR count). The topological polar surface area (TPSA) is 41.3 Å². The third kappa shape index (κ3) is 2.32. The number of hydrogen-bond donors (Lipinski definition) is 1. The molecular formula is C15H25N3O. The predicted octanol–water partition coefficient (Wildman–Crippen LogP) is 1.87. The lowest BCUT2D eigenvalue weighted by atomic mass is 9.68. The van der Waals surface area contributed by atoms with Crippen molar-refractivity contribution in [1.82, 2.24) is 14.7 Å². The summed E-state index contributed by atoms with van der Waals surface area (Å²) in [6.45, 7) is 8.53. The van der Waals surface area contributed by atoms with E-state index in [1.54, 1.807) is 0 Å². The molecule has 1 saturated carbocycles. The molecule has 19 heavy (non-hydrogen) atoms. The highest BCUT2D eigenvalue weighted by atomic mass is 16.3. The summed E-state index contributed by atoms with van der Waals surface area (Å²) in [5.41, 5.74) is 4.38. The van der Waals surface area contributed by atoms with Gasteiger partial charge in [-0.3, -0.25) is 9.58 Å². The fraction of sp³-hybridized carbons (Fsp3) is 0.800. The summed E-state index contributed by atoms with van der Waals surface area (Å²) in [6, 6.07) is 0. The highest BCUT2D eigenvalue weighted by Gasteiger charge is 2.42. The molecule has 106 valence electrons. The maximum absolute atomic E-state index is 9.07. The van der Waals surface area contributed by atoms with Crippen molar-refractivity contribution in [3.63, 3.8) is 0 Å². The molecule has 0 aromatic carbocycles. The molecule has 0 amide bonds. The fourth-order valence-electron chi connectivity index (χ4n) is 3.75. The van der Waals surface area contributed by atoms with Crippen LogP contribution in [0.25, 0.3) is 0 Å². The molecule has 1 aromatic rings. The summed E-state index contributed by atoms with van der Waals surface area (Å²) in [4.78, 5) is 2.60. The molecule has 2 heterocycles. The van der Waals surface area contributed by atoms with E-state index in [2.05, 4.69) is 23.8 Å². The van der Waals surface area contributed by atoms with Gasteiger partial charge in [-0.25, -0.2) is 0 Å². The zero-order valence-electron chi connectivity index (χ0n) is 12.2. The predicted molar refractivity (Wildman–Crippen MR) is 75.0 cm³/mol. The van der Waals surface area contributed by atoms with Crippen molar-refractivity contribution in [2.45, 2.75) is 52.6 Å². The van der Waals surface area contributed by atoms with Gasteiger partial charge in [-0.1, -0.05) is 6.42 Å². The van der Waals surface area contributed by atoms with E-state index in [4.69, 9.17) is 5.11 Å². The van der Waals surface area contributed by atoms with E-state index < -0.39 is 0 Å². The highest BCUT2D eigenvalue weighted by molar-refractivity contribution is 5.24. The molecule has 2 fully saturated rings. The molecule has 0 unspecified atom stereocenters. The molecule has 2 aliphatic rings. The molecule has 1 aliphatic carbocycles. The van der Waals surface area contributed by atoms with Gasteiger partial charge < -0.3 is 5.11 Å². The van der Waals surface area contributed by atoms with Gasteiger partial charge in [-0.05, 0) is 45.1 Å². The third-order valence-electron chi connectivity index (χ3n) is 5.16. The maximum Gasteiger partial charge on any atom is 0.0644 e. The van der Waals surface area contributed by atoms with E-state index in [1.165, 1.54) is 50.0 Å². The Hall–Kier alpha value is -0.870. The third-order valence-corrected chi connectivity index (χ3v) is 5.16. The maximum atomic E-state index is 9.07. The second kappa shape index (κ2) is 4.91. The summed E-state index contributed by atoms with van der Waals surface area (Å²) in [5.74, 6) is 0. The van der Waals surface area contributed by atoms with Crippen molar-refractivity contribution in [2.24, 2.45) is 5.41 Å². The zero-order chi connectivity index (χ0) is 13.5. The van der Waals surface area contributed by atoms with Crippen LogP contribution in [-0.2, 0) is 13.1 Å². The largest absolute Gasteiger partial charge is 0.394 e. The lowest BCUT2D eigenvalue weighted by Crippen LogP contribution is -2.33. The number of aliphatic hydroxyl groups excluding tert-OH is 1. The van der Waals surface area contributed by atoms with Gasteiger partial charge in [0.05, 0.1) is 18.8 Å². The van der Waals surface area contributed by atoms with Crippen LogP contribution in [0.1, 0.15) is 42.6 Å². The summed E-state index contributed by atoms with van der Waals surface area (Å²) >= 11 is 0. The van der Waals surface area contributed by atoms with Gasteiger partial charge in [-0.15, -0.1) is 0 Å². The first-order chi connectivity index (χ1) is 9.13. The van der Waals surface area contributed by atoms with Gasteiger partial charge in [0.1, 0.15) is 0 Å². The molecule has 0 bridgehead atoms. The molecule has 4 heteroatoms. The summed E-state index contributed by atoms with van der Waals surface area (Å²) in [6.07, 6.45) is 5.69. The number of rotatable bonds is 4. The molecule has 1 saturated heterocycles. The van der Waals surface area contributed by atoms with Crippen LogP contribution in [0.15, 0.2) is 0 Å². The van der Waals surface area contributed by atoms with Crippen molar-refractivity contribution in [2.75, 3.05) is 19.7 Å². The van der Waals surface area contributed by atoms with Crippen molar-refractivity contribution in [1.29, 1.82) is 0 Å². The average molecular weight is 263 g/mol. The van der Waals surface area contributed by atoms with Crippen LogP contribution in [0.2, 0.25) is 0 Å². The summed E-state index contributed by atoms with van der Waals surface area (Å²) in [7, 11) is 0. The van der Waals surface area contributed by atoms with Gasteiger partial charge in [0, 0.05) is 24.3 Å². The standard InChI is InChI=1S/C15H25N3O/c1-12-14(13(2)18(16-12)8-9-19)10-17-7-6-15(11-17)4-3-5-15/h19H,3-11H2,1-2H3. The van der Waals surface area contributed by atoms with E-state index >= 15 is 0 Å². The van der Waals surface area contributed by atoms with E-state index in [9.17, 15) is 0 Å². The Morgan fingerprint density at radius 1 is 1.26 bits per heavy atom. The average Bonchev–Trinajstić information content (AvgIpc) is 2.88. The summed E-state index contributed by atoms with van der Waals surface area (Å²) in [5, 5.41) is 13.6. The first kappa shape index (κ1) is 13.1. The number of likely N-dealkylation sites (tertiary alicyclic amines) is 1. The van der Waals surface area contributed by atoms with Crippen LogP contribution in [0.3, 0.4) is 0 Å². The fourth-order valence-corrected chi connectivity index (χ4v) is 3.75. The van der Waals surface area contributed by atoms with E-state index in [-0.39, 0.29) is 6.61 Å². The smallest absolute Gasteiger partial charge is 0.0644 e. The SMILES string of the molecule is Cc1nn(CCO)c(C)c1CN1CCC2(CCC2)C1. The van der Waals surface area contributed by atoms with Crippen LogP contribution in [-0.4, -0.2) is 39.5 Å². The monoisotopic (exact) mass is 263 g/mol. The van der Waals surface area contributed by atoms with E-state index in [0.717, 1.165) is 12.2 Å². The second-order valence-corrected chi connectivity index (χ2v) is 6.41. The highest BCUT2D eigenvalue weighted by Crippen LogP contribution is 2.48. The minimum atomic E-state index is 0.161. The Morgan fingerprint density at radius 2 is 2.05 bits per heavy atom. The van der Waals surface area contributed by atoms with Crippen molar-refractivity contribution >= 4 is 0 Å². The molecule has 1 aromatic heterocycles. The molecule has 4 nitrogen and oxygen atoms in total. The normalized spacial score (nSPS) is 22.1. The Bertz CT molecular complexity index is 462. The first-order valence-electron chi connectivity index (χ1n) is 7.50. The zero-order valence-corrected chi connectivity index (χ0v) is 12.2. The molecule has 0 radical (unpaired) electrons. The van der Waals surface area contributed by atoms with Crippen LogP contribution in [0.4, 0.5) is 0 Å². The van der Waals surface area contributed by atoms with Crippen LogP contribution >= 0.6 is 0 Å². The van der Waals surface area contributed by atoms with Gasteiger partial charge in [0.2, 0.25) is 0 Å². The van der Waals surface area contributed by atoms with Crippen molar-refractivity contribution in [3.8, 4) is 0 Å². The lowest BCUT2D eigenvalue weighted by Gasteiger charge is -2.38. The van der Waals surface area contributed by atoms with Gasteiger partial charge in [0.15, 0.2) is 0 Å². The number of aliphatic hydroxyl groups is 1. The quantitative estimate of drug-likeness (QED) is 0.901. The van der Waals surface area contributed by atoms with Crippen LogP contribution in [0.5, 0.6) is 0 Å². The van der Waals surface area contributed by atoms with Gasteiger partial charge >= 0.3 is 0 Å². The number of aryl methyl sites for hydroxylation is 1. The van der Waals surface area contributed by atoms with E-state index in [1.807, 2.05) is 4.68 Å². The molecule has 0 atom stereocenters. The van der Waals surface area contributed by atoms with Gasteiger partial charge in [-0.2, -0.15) is 5.10 Å². The minimum Gasteiger partial charge on any atom is -0.394 e. The van der Waals surface area contributed by atoms with Gasteiger partial charge in [0.25, 0.3) is 0 Å². The lowest BCUT2D eigenvalue weighted by molar-refractivity contribution is 0.137. The molecular weight excluding hydrogens is 238 g/mol. The summed E-state index contributed by atoms with van der Waals surface area (Å²) < 4.78 is 1.94. The van der Waals surface area contributed by atoms with Crippen LogP contribution < -0.4 is 0 Å².